The summed E-state index contributed by atoms with van der Waals surface area (Å²) in [6.45, 7) is 5.54. The van der Waals surface area contributed by atoms with Crippen LogP contribution in [0.5, 0.6) is 0 Å². The molecule has 2 fully saturated rings. The fourth-order valence-corrected chi connectivity index (χ4v) is 3.95. The van der Waals surface area contributed by atoms with Crippen LogP contribution in [0.25, 0.3) is 0 Å². The van der Waals surface area contributed by atoms with Crippen LogP contribution in [0.4, 0.5) is 0 Å². The van der Waals surface area contributed by atoms with E-state index in [0.717, 1.165) is 26.1 Å². The van der Waals surface area contributed by atoms with Gasteiger partial charge in [-0.05, 0) is 72.1 Å². The van der Waals surface area contributed by atoms with Crippen LogP contribution in [0.15, 0.2) is 0 Å². The lowest BCUT2D eigenvalue weighted by atomic mass is 9.75. The molecular formula is C17H35N3O. The smallest absolute Gasteiger partial charge is 0.0628 e. The highest BCUT2D eigenvalue weighted by Gasteiger charge is 2.46. The van der Waals surface area contributed by atoms with Crippen molar-refractivity contribution in [3.8, 4) is 0 Å². The van der Waals surface area contributed by atoms with Gasteiger partial charge in [0.15, 0.2) is 0 Å². The molecule has 21 heavy (non-hydrogen) atoms. The Morgan fingerprint density at radius 3 is 2.29 bits per heavy atom. The minimum absolute atomic E-state index is 0.0813. The predicted molar refractivity (Wildman–Crippen MR) is 88.6 cm³/mol. The summed E-state index contributed by atoms with van der Waals surface area (Å²) in [4.78, 5) is 4.86. The fraction of sp³-hybridized carbons (Fsp3) is 1.00. The minimum Gasteiger partial charge on any atom is -0.394 e. The third kappa shape index (κ3) is 3.79. The van der Waals surface area contributed by atoms with Gasteiger partial charge in [0.1, 0.15) is 0 Å². The van der Waals surface area contributed by atoms with E-state index in [-0.39, 0.29) is 12.1 Å². The summed E-state index contributed by atoms with van der Waals surface area (Å²) in [5.74, 6) is 0.660. The zero-order chi connectivity index (χ0) is 15.5. The van der Waals surface area contributed by atoms with E-state index in [9.17, 15) is 5.11 Å². The van der Waals surface area contributed by atoms with Crippen molar-refractivity contribution >= 4 is 0 Å². The average Bonchev–Trinajstić information content (AvgIpc) is 3.23. The molecule has 1 atom stereocenters. The Labute approximate surface area is 130 Å². The van der Waals surface area contributed by atoms with Gasteiger partial charge in [0.2, 0.25) is 0 Å². The Morgan fingerprint density at radius 2 is 1.90 bits per heavy atom. The van der Waals surface area contributed by atoms with Gasteiger partial charge < -0.3 is 20.2 Å². The molecule has 2 aliphatic carbocycles. The van der Waals surface area contributed by atoms with Crippen LogP contribution in [0.2, 0.25) is 0 Å². The van der Waals surface area contributed by atoms with Crippen molar-refractivity contribution in [2.24, 2.45) is 5.92 Å². The van der Waals surface area contributed by atoms with Crippen LogP contribution in [0, 0.1) is 5.92 Å². The van der Waals surface area contributed by atoms with Crippen LogP contribution in [-0.2, 0) is 0 Å². The van der Waals surface area contributed by atoms with Crippen LogP contribution >= 0.6 is 0 Å². The van der Waals surface area contributed by atoms with Crippen LogP contribution < -0.4 is 5.32 Å². The molecule has 2 aliphatic rings. The maximum Gasteiger partial charge on any atom is 0.0628 e. The number of nitrogens with zero attached hydrogens (tertiary/aromatic N) is 2. The van der Waals surface area contributed by atoms with Gasteiger partial charge in [-0.15, -0.1) is 0 Å². The summed E-state index contributed by atoms with van der Waals surface area (Å²) >= 11 is 0. The van der Waals surface area contributed by atoms with Crippen molar-refractivity contribution in [2.45, 2.75) is 56.5 Å². The largest absolute Gasteiger partial charge is 0.394 e. The molecule has 2 rings (SSSR count). The number of aliphatic hydroxyl groups excluding tert-OH is 1. The Morgan fingerprint density at radius 1 is 1.24 bits per heavy atom. The molecule has 4 nitrogen and oxygen atoms in total. The zero-order valence-electron chi connectivity index (χ0n) is 14.5. The molecule has 2 N–H and O–H groups in total. The Bertz CT molecular complexity index is 326. The first-order valence-electron chi connectivity index (χ1n) is 8.70. The second-order valence-corrected chi connectivity index (χ2v) is 7.66. The average molecular weight is 297 g/mol. The molecule has 0 bridgehead atoms. The topological polar surface area (TPSA) is 38.7 Å². The van der Waals surface area contributed by atoms with E-state index < -0.39 is 0 Å². The van der Waals surface area contributed by atoms with Crippen molar-refractivity contribution < 1.29 is 5.11 Å². The van der Waals surface area contributed by atoms with E-state index in [0.29, 0.717) is 11.5 Å². The van der Waals surface area contributed by atoms with Crippen molar-refractivity contribution in [1.82, 2.24) is 15.1 Å². The van der Waals surface area contributed by atoms with E-state index in [4.69, 9.17) is 0 Å². The lowest BCUT2D eigenvalue weighted by molar-refractivity contribution is 0.0115. The number of rotatable bonds is 10. The molecule has 0 heterocycles. The van der Waals surface area contributed by atoms with Gasteiger partial charge in [-0.2, -0.15) is 0 Å². The highest BCUT2D eigenvalue weighted by Crippen LogP contribution is 2.41. The molecule has 0 aliphatic heterocycles. The molecule has 0 saturated heterocycles. The maximum atomic E-state index is 10.0. The van der Waals surface area contributed by atoms with Gasteiger partial charge in [-0.25, -0.2) is 0 Å². The van der Waals surface area contributed by atoms with Crippen LogP contribution in [0.3, 0.4) is 0 Å². The Balaban J connectivity index is 1.95. The monoisotopic (exact) mass is 297 g/mol. The van der Waals surface area contributed by atoms with Crippen molar-refractivity contribution in [2.75, 3.05) is 47.4 Å². The number of hydrogen-bond acceptors (Lipinski definition) is 4. The van der Waals surface area contributed by atoms with Gasteiger partial charge in [-0.1, -0.05) is 6.92 Å². The number of hydrogen-bond donors (Lipinski definition) is 2. The molecule has 1 unspecified atom stereocenters. The van der Waals surface area contributed by atoms with Gasteiger partial charge in [0.25, 0.3) is 0 Å². The summed E-state index contributed by atoms with van der Waals surface area (Å²) in [6.07, 6.45) is 7.63. The van der Waals surface area contributed by atoms with Crippen molar-refractivity contribution in [3.05, 3.63) is 0 Å². The molecule has 0 aromatic carbocycles. The molecule has 0 amide bonds. The SMILES string of the molecule is CCCNC(CO)(CN(C)CC1(N(C)C)CCC1)C1CC1. The second-order valence-electron chi connectivity index (χ2n) is 7.66. The molecule has 0 radical (unpaired) electrons. The summed E-state index contributed by atoms with van der Waals surface area (Å²) in [5, 5.41) is 13.7. The fourth-order valence-electron chi connectivity index (χ4n) is 3.95. The van der Waals surface area contributed by atoms with Gasteiger partial charge >= 0.3 is 0 Å². The van der Waals surface area contributed by atoms with Gasteiger partial charge in [0.05, 0.1) is 12.1 Å². The molecule has 2 saturated carbocycles. The molecule has 0 aromatic rings. The lowest BCUT2D eigenvalue weighted by Crippen LogP contribution is -2.62. The highest BCUT2D eigenvalue weighted by atomic mass is 16.3. The third-order valence-electron chi connectivity index (χ3n) is 5.72. The van der Waals surface area contributed by atoms with E-state index in [1.165, 1.54) is 32.1 Å². The number of nitrogens with one attached hydrogen (secondary N) is 1. The molecule has 0 spiro atoms. The van der Waals surface area contributed by atoms with Crippen molar-refractivity contribution in [1.29, 1.82) is 0 Å². The van der Waals surface area contributed by atoms with Crippen molar-refractivity contribution in [3.63, 3.8) is 0 Å². The first kappa shape index (κ1) is 17.2. The lowest BCUT2D eigenvalue weighted by Gasteiger charge is -2.50. The number of likely N-dealkylation sites (N-methyl/N-ethyl adjacent to an activating group) is 2. The van der Waals surface area contributed by atoms with Gasteiger partial charge in [0, 0.05) is 18.6 Å². The van der Waals surface area contributed by atoms with Crippen LogP contribution in [-0.4, -0.2) is 73.4 Å². The predicted octanol–water partition coefficient (Wildman–Crippen LogP) is 1.54. The first-order chi connectivity index (χ1) is 9.98. The third-order valence-corrected chi connectivity index (χ3v) is 5.72. The Hall–Kier alpha value is -0.160. The minimum atomic E-state index is -0.0813. The normalized spacial score (nSPS) is 24.1. The second kappa shape index (κ2) is 6.95. The van der Waals surface area contributed by atoms with E-state index in [2.05, 4.69) is 43.2 Å². The standard InChI is InChI=1S/C17H35N3O/c1-5-11-18-17(14-21,15-7-8-15)13-20(4)12-16(19(2)3)9-6-10-16/h15,18,21H,5-14H2,1-4H3. The Kier molecular flexibility index (Phi) is 5.69. The van der Waals surface area contributed by atoms with E-state index in [1.54, 1.807) is 0 Å². The molecule has 0 aromatic heterocycles. The summed E-state index contributed by atoms with van der Waals surface area (Å²) in [6, 6.07) is 0. The maximum absolute atomic E-state index is 10.0. The molecular weight excluding hydrogens is 262 g/mol. The zero-order valence-corrected chi connectivity index (χ0v) is 14.5. The molecule has 4 heteroatoms. The first-order valence-corrected chi connectivity index (χ1v) is 8.70. The van der Waals surface area contributed by atoms with Gasteiger partial charge in [-0.3, -0.25) is 0 Å². The van der Waals surface area contributed by atoms with Crippen LogP contribution in [0.1, 0.15) is 45.4 Å². The quantitative estimate of drug-likeness (QED) is 0.642. The highest BCUT2D eigenvalue weighted by molar-refractivity contribution is 5.04. The van der Waals surface area contributed by atoms with E-state index >= 15 is 0 Å². The number of aliphatic hydroxyl groups is 1. The molecule has 124 valence electrons. The summed E-state index contributed by atoms with van der Waals surface area (Å²) in [7, 11) is 6.65. The summed E-state index contributed by atoms with van der Waals surface area (Å²) < 4.78 is 0. The summed E-state index contributed by atoms with van der Waals surface area (Å²) in [5.41, 5.74) is 0.284. The van der Waals surface area contributed by atoms with E-state index in [1.807, 2.05) is 0 Å².